The van der Waals surface area contributed by atoms with Gasteiger partial charge in [0.05, 0.1) is 18.3 Å². The molecule has 2 rings (SSSR count). The quantitative estimate of drug-likeness (QED) is 0.797. The van der Waals surface area contributed by atoms with Crippen LogP contribution < -0.4 is 0 Å². The molecular formula is C14H26O3. The molecule has 0 radical (unpaired) electrons. The SMILES string of the molecule is COC1CC(O)CCC1C(O)C1CCCCC1. The molecule has 0 amide bonds. The Kier molecular flexibility index (Phi) is 4.83. The van der Waals surface area contributed by atoms with E-state index >= 15 is 0 Å². The van der Waals surface area contributed by atoms with Gasteiger partial charge in [-0.25, -0.2) is 0 Å². The van der Waals surface area contributed by atoms with Crippen molar-refractivity contribution in [3.8, 4) is 0 Å². The van der Waals surface area contributed by atoms with Gasteiger partial charge in [-0.2, -0.15) is 0 Å². The fourth-order valence-corrected chi connectivity index (χ4v) is 3.62. The summed E-state index contributed by atoms with van der Waals surface area (Å²) in [5.74, 6) is 0.688. The third-order valence-corrected chi connectivity index (χ3v) is 4.69. The molecule has 17 heavy (non-hydrogen) atoms. The van der Waals surface area contributed by atoms with Crippen molar-refractivity contribution in [3.05, 3.63) is 0 Å². The lowest BCUT2D eigenvalue weighted by atomic mass is 9.73. The van der Waals surface area contributed by atoms with Crippen molar-refractivity contribution >= 4 is 0 Å². The minimum Gasteiger partial charge on any atom is -0.393 e. The maximum Gasteiger partial charge on any atom is 0.0648 e. The monoisotopic (exact) mass is 242 g/mol. The molecule has 3 nitrogen and oxygen atoms in total. The van der Waals surface area contributed by atoms with Crippen LogP contribution in [-0.4, -0.2) is 35.6 Å². The fraction of sp³-hybridized carbons (Fsp3) is 1.00. The second-order valence-electron chi connectivity index (χ2n) is 5.79. The van der Waals surface area contributed by atoms with Gasteiger partial charge in [0.15, 0.2) is 0 Å². The van der Waals surface area contributed by atoms with Gasteiger partial charge in [-0.15, -0.1) is 0 Å². The van der Waals surface area contributed by atoms with Gasteiger partial charge in [-0.05, 0) is 38.0 Å². The molecule has 0 spiro atoms. The van der Waals surface area contributed by atoms with Crippen LogP contribution in [0.2, 0.25) is 0 Å². The van der Waals surface area contributed by atoms with Gasteiger partial charge in [-0.1, -0.05) is 19.3 Å². The van der Waals surface area contributed by atoms with Gasteiger partial charge in [0, 0.05) is 13.0 Å². The van der Waals surface area contributed by atoms with Crippen LogP contribution >= 0.6 is 0 Å². The minimum atomic E-state index is -0.241. The predicted octanol–water partition coefficient (Wildman–Crippen LogP) is 2.10. The zero-order chi connectivity index (χ0) is 12.3. The maximum atomic E-state index is 10.5. The highest BCUT2D eigenvalue weighted by molar-refractivity contribution is 4.88. The first-order chi connectivity index (χ1) is 8.22. The summed E-state index contributed by atoms with van der Waals surface area (Å²) in [7, 11) is 1.70. The van der Waals surface area contributed by atoms with Gasteiger partial charge in [0.1, 0.15) is 0 Å². The molecule has 2 aliphatic carbocycles. The lowest BCUT2D eigenvalue weighted by Gasteiger charge is -2.39. The Balaban J connectivity index is 1.94. The summed E-state index contributed by atoms with van der Waals surface area (Å²) < 4.78 is 5.47. The molecule has 0 aromatic heterocycles. The molecule has 100 valence electrons. The van der Waals surface area contributed by atoms with Crippen molar-refractivity contribution in [2.24, 2.45) is 11.8 Å². The van der Waals surface area contributed by atoms with Gasteiger partial charge >= 0.3 is 0 Å². The smallest absolute Gasteiger partial charge is 0.0648 e. The minimum absolute atomic E-state index is 0.0377. The third-order valence-electron chi connectivity index (χ3n) is 4.69. The summed E-state index contributed by atoms with van der Waals surface area (Å²) in [4.78, 5) is 0. The van der Waals surface area contributed by atoms with E-state index in [1.807, 2.05) is 0 Å². The fourth-order valence-electron chi connectivity index (χ4n) is 3.62. The molecule has 4 atom stereocenters. The summed E-state index contributed by atoms with van der Waals surface area (Å²) in [5, 5.41) is 20.2. The van der Waals surface area contributed by atoms with E-state index in [4.69, 9.17) is 4.74 Å². The van der Waals surface area contributed by atoms with Crippen molar-refractivity contribution in [2.45, 2.75) is 69.7 Å². The first-order valence-electron chi connectivity index (χ1n) is 7.11. The van der Waals surface area contributed by atoms with Crippen LogP contribution in [0.1, 0.15) is 51.4 Å². The lowest BCUT2D eigenvalue weighted by molar-refractivity contribution is -0.0874. The number of ether oxygens (including phenoxy) is 1. The maximum absolute atomic E-state index is 10.5. The van der Waals surface area contributed by atoms with E-state index in [9.17, 15) is 10.2 Å². The van der Waals surface area contributed by atoms with E-state index in [1.165, 1.54) is 19.3 Å². The average molecular weight is 242 g/mol. The summed E-state index contributed by atoms with van der Waals surface area (Å²) in [6, 6.07) is 0. The summed E-state index contributed by atoms with van der Waals surface area (Å²) in [5.41, 5.74) is 0. The lowest BCUT2D eigenvalue weighted by Crippen LogP contribution is -2.43. The number of aliphatic hydroxyl groups excluding tert-OH is 2. The molecule has 3 heteroatoms. The molecule has 2 aliphatic rings. The van der Waals surface area contributed by atoms with Crippen molar-refractivity contribution in [3.63, 3.8) is 0 Å². The zero-order valence-corrected chi connectivity index (χ0v) is 10.8. The Morgan fingerprint density at radius 3 is 2.41 bits per heavy atom. The van der Waals surface area contributed by atoms with Gasteiger partial charge < -0.3 is 14.9 Å². The molecule has 0 aromatic carbocycles. The number of hydrogen-bond acceptors (Lipinski definition) is 3. The van der Waals surface area contributed by atoms with Crippen LogP contribution in [-0.2, 0) is 4.74 Å². The second kappa shape index (κ2) is 6.17. The van der Waals surface area contributed by atoms with Crippen LogP contribution in [0.4, 0.5) is 0 Å². The van der Waals surface area contributed by atoms with Gasteiger partial charge in [-0.3, -0.25) is 0 Å². The number of hydrogen-bond donors (Lipinski definition) is 2. The number of rotatable bonds is 3. The number of methoxy groups -OCH3 is 1. The molecule has 2 saturated carbocycles. The number of aliphatic hydroxyl groups is 2. The van der Waals surface area contributed by atoms with Crippen LogP contribution in [0, 0.1) is 11.8 Å². The summed E-state index contributed by atoms with van der Waals surface area (Å²) in [6.07, 6.45) is 8.13. The third kappa shape index (κ3) is 3.21. The molecular weight excluding hydrogens is 216 g/mol. The first kappa shape index (κ1) is 13.3. The van der Waals surface area contributed by atoms with Gasteiger partial charge in [0.2, 0.25) is 0 Å². The van der Waals surface area contributed by atoms with E-state index in [-0.39, 0.29) is 24.2 Å². The van der Waals surface area contributed by atoms with Crippen LogP contribution in [0.5, 0.6) is 0 Å². The van der Waals surface area contributed by atoms with Crippen LogP contribution in [0.15, 0.2) is 0 Å². The summed E-state index contributed by atoms with van der Waals surface area (Å²) >= 11 is 0. The topological polar surface area (TPSA) is 49.7 Å². The highest BCUT2D eigenvalue weighted by Crippen LogP contribution is 2.36. The standard InChI is InChI=1S/C14H26O3/c1-17-13-9-11(15)7-8-12(13)14(16)10-5-3-2-4-6-10/h10-16H,2-9H2,1H3. The Bertz CT molecular complexity index is 226. The predicted molar refractivity (Wildman–Crippen MR) is 66.7 cm³/mol. The summed E-state index contributed by atoms with van der Waals surface area (Å²) in [6.45, 7) is 0. The van der Waals surface area contributed by atoms with E-state index in [1.54, 1.807) is 7.11 Å². The molecule has 2 N–H and O–H groups in total. The zero-order valence-electron chi connectivity index (χ0n) is 10.8. The molecule has 0 aromatic rings. The second-order valence-corrected chi connectivity index (χ2v) is 5.79. The molecule has 0 aliphatic heterocycles. The Hall–Kier alpha value is -0.120. The first-order valence-corrected chi connectivity index (χ1v) is 7.11. The highest BCUT2D eigenvalue weighted by Gasteiger charge is 2.37. The Labute approximate surface area is 104 Å². The molecule has 0 bridgehead atoms. The van der Waals surface area contributed by atoms with E-state index in [0.717, 1.165) is 25.7 Å². The highest BCUT2D eigenvalue weighted by atomic mass is 16.5. The Morgan fingerprint density at radius 2 is 1.76 bits per heavy atom. The van der Waals surface area contributed by atoms with E-state index in [0.29, 0.717) is 12.3 Å². The normalized spacial score (nSPS) is 37.9. The molecule has 4 unspecified atom stereocenters. The van der Waals surface area contributed by atoms with Crippen LogP contribution in [0.3, 0.4) is 0 Å². The van der Waals surface area contributed by atoms with E-state index in [2.05, 4.69) is 0 Å². The van der Waals surface area contributed by atoms with E-state index < -0.39 is 0 Å². The van der Waals surface area contributed by atoms with Crippen molar-refractivity contribution in [1.82, 2.24) is 0 Å². The van der Waals surface area contributed by atoms with Crippen molar-refractivity contribution in [1.29, 1.82) is 0 Å². The largest absolute Gasteiger partial charge is 0.393 e. The molecule has 0 heterocycles. The van der Waals surface area contributed by atoms with Crippen LogP contribution in [0.25, 0.3) is 0 Å². The Morgan fingerprint density at radius 1 is 1.06 bits per heavy atom. The molecule has 2 fully saturated rings. The van der Waals surface area contributed by atoms with Crippen molar-refractivity contribution < 1.29 is 14.9 Å². The average Bonchev–Trinajstić information content (AvgIpc) is 2.39. The molecule has 0 saturated heterocycles. The van der Waals surface area contributed by atoms with Gasteiger partial charge in [0.25, 0.3) is 0 Å². The van der Waals surface area contributed by atoms with Crippen molar-refractivity contribution in [2.75, 3.05) is 7.11 Å².